The van der Waals surface area contributed by atoms with Gasteiger partial charge in [-0.15, -0.1) is 0 Å². The molecule has 54 valence electrons. The van der Waals surface area contributed by atoms with Gasteiger partial charge in [0.05, 0.1) is 0 Å². The fourth-order valence-electron chi connectivity index (χ4n) is 0.709. The average molecular weight is 377 g/mol. The zero-order valence-electron chi connectivity index (χ0n) is 5.58. The molecule has 0 amide bonds. The Hall–Kier alpha value is 0.837. The second-order valence-electron chi connectivity index (χ2n) is 1.99. The maximum atomic E-state index is 8.74. The topological polar surface area (TPSA) is 45.4 Å². The summed E-state index contributed by atoms with van der Waals surface area (Å²) in [6.07, 6.45) is 3.63. The Bertz CT molecular complexity index is 298. The molecule has 1 rings (SSSR count). The van der Waals surface area contributed by atoms with Crippen molar-refractivity contribution in [1.82, 2.24) is 2.38 Å². The molecule has 1 heterocycles. The van der Waals surface area contributed by atoms with Crippen molar-refractivity contribution < 1.29 is 10.0 Å². The van der Waals surface area contributed by atoms with E-state index < -0.39 is 30.5 Å². The van der Waals surface area contributed by atoms with Gasteiger partial charge in [0.1, 0.15) is 0 Å². The van der Waals surface area contributed by atoms with Crippen molar-refractivity contribution in [2.24, 2.45) is 0 Å². The van der Waals surface area contributed by atoms with Crippen LogP contribution in [0.3, 0.4) is 0 Å². The van der Waals surface area contributed by atoms with Crippen LogP contribution in [0.2, 0.25) is 0 Å². The van der Waals surface area contributed by atoms with Crippen LogP contribution in [0, 0.1) is 0 Å². The van der Waals surface area contributed by atoms with E-state index in [9.17, 15) is 0 Å². The first-order valence-corrected chi connectivity index (χ1v) is 12.9. The summed E-state index contributed by atoms with van der Waals surface area (Å²) < 4.78 is 3.08. The Kier molecular flexibility index (Phi) is 4.30. The average Bonchev–Trinajstić information content (AvgIpc) is 2.37. The van der Waals surface area contributed by atoms with Gasteiger partial charge in [0.15, 0.2) is 0 Å². The van der Waals surface area contributed by atoms with Gasteiger partial charge in [-0.2, -0.15) is 0 Å². The molecule has 0 atom stereocenters. The second kappa shape index (κ2) is 4.76. The summed E-state index contributed by atoms with van der Waals surface area (Å²) in [6.45, 7) is 0. The zero-order valence-corrected chi connectivity index (χ0v) is 11.8. The van der Waals surface area contributed by atoms with Gasteiger partial charge in [0.25, 0.3) is 0 Å². The van der Waals surface area contributed by atoms with Gasteiger partial charge in [-0.1, -0.05) is 0 Å². The number of nitrogens with zero attached hydrogens (tertiary/aromatic N) is 1. The molecule has 1 aromatic rings. The monoisotopic (exact) mass is 378 g/mol. The quantitative estimate of drug-likeness (QED) is 0.511. The fourth-order valence-corrected chi connectivity index (χ4v) is 7.78. The molecule has 7 heteroatoms. The summed E-state index contributed by atoms with van der Waals surface area (Å²) in [4.78, 5) is 0. The van der Waals surface area contributed by atoms with E-state index in [-0.39, 0.29) is 0 Å². The predicted octanol–water partition coefficient (Wildman–Crippen LogP) is -1.04. The van der Waals surface area contributed by atoms with Gasteiger partial charge in [0, 0.05) is 0 Å². The molecule has 0 unspecified atom stereocenters. The van der Waals surface area contributed by atoms with E-state index in [2.05, 4.69) is 0 Å². The van der Waals surface area contributed by atoms with Gasteiger partial charge in [-0.05, 0) is 0 Å². The number of rotatable bonds is 2. The van der Waals surface area contributed by atoms with Gasteiger partial charge in [0.2, 0.25) is 0 Å². The molecule has 0 aliphatic heterocycles. The number of hydrogen-bond acceptors (Lipinski definition) is 3. The molecule has 0 saturated carbocycles. The summed E-state index contributed by atoms with van der Waals surface area (Å²) in [7, 11) is -1.34. The Morgan fingerprint density at radius 3 is 2.82 bits per heavy atom. The van der Waals surface area contributed by atoms with Crippen molar-refractivity contribution in [3.63, 3.8) is 0 Å². The standard InChI is InChI=1S/C4H5BNO2.PS.Tl/c7-5(8)4-1-2-6-3-4;1-2;/h1-3,7-8H;;/q2*-1;+3. The first-order chi connectivity index (χ1) is 5.24. The molecule has 0 aromatic carbocycles. The third-order valence-corrected chi connectivity index (χ3v) is 9.52. The molecule has 0 aliphatic carbocycles. The van der Waals surface area contributed by atoms with E-state index in [0.717, 1.165) is 4.00 Å². The van der Waals surface area contributed by atoms with Crippen LogP contribution in [0.15, 0.2) is 18.5 Å². The van der Waals surface area contributed by atoms with Gasteiger partial charge >= 0.3 is 82.7 Å². The zero-order chi connectivity index (χ0) is 8.27. The molecule has 0 aliphatic rings. The van der Waals surface area contributed by atoms with Crippen molar-refractivity contribution in [2.75, 3.05) is 0 Å². The summed E-state index contributed by atoms with van der Waals surface area (Å²) in [5.74, 6) is 0. The van der Waals surface area contributed by atoms with Gasteiger partial charge in [-0.25, -0.2) is 0 Å². The Morgan fingerprint density at radius 1 is 1.64 bits per heavy atom. The SMILES string of the molecule is OB(O)c1cc[n]([Tl]=[P+]=S)c1. The van der Waals surface area contributed by atoms with E-state index in [0.29, 0.717) is 5.46 Å². The molecule has 3 nitrogen and oxygen atoms in total. The number of aromatic nitrogens is 1. The first kappa shape index (κ1) is 9.92. The van der Waals surface area contributed by atoms with Gasteiger partial charge < -0.3 is 0 Å². The molecule has 1 aromatic heterocycles. The van der Waals surface area contributed by atoms with E-state index in [1.807, 2.05) is 8.57 Å². The van der Waals surface area contributed by atoms with E-state index in [1.165, 1.54) is 0 Å². The summed E-state index contributed by atoms with van der Waals surface area (Å²) in [5.41, 5.74) is 0.555. The minimum atomic E-state index is -1.34. The second-order valence-corrected chi connectivity index (χ2v) is 15.4. The van der Waals surface area contributed by atoms with Crippen LogP contribution < -0.4 is 5.46 Å². The van der Waals surface area contributed by atoms with Crippen molar-refractivity contribution >= 4 is 51.8 Å². The van der Waals surface area contributed by atoms with Crippen LogP contribution in [0.4, 0.5) is 0 Å². The molecule has 0 bridgehead atoms. The van der Waals surface area contributed by atoms with Crippen LogP contribution >= 0.6 is 4.00 Å². The Morgan fingerprint density at radius 2 is 2.36 bits per heavy atom. The van der Waals surface area contributed by atoms with E-state index in [1.54, 1.807) is 12.3 Å². The van der Waals surface area contributed by atoms with Crippen LogP contribution in [0.1, 0.15) is 0 Å². The van der Waals surface area contributed by atoms with Crippen molar-refractivity contribution in [3.05, 3.63) is 18.5 Å². The Balaban J connectivity index is 2.90. The predicted molar refractivity (Wildman–Crippen MR) is 49.7 cm³/mol. The van der Waals surface area contributed by atoms with Crippen LogP contribution in [0.25, 0.3) is 0 Å². The minimum absolute atomic E-state index is 0.555. The Labute approximate surface area is 82.3 Å². The normalized spacial score (nSPS) is 8.91. The fraction of sp³-hybridized carbons (Fsp3) is 0. The molecule has 2 N–H and O–H groups in total. The van der Waals surface area contributed by atoms with Crippen molar-refractivity contribution in [2.45, 2.75) is 0 Å². The van der Waals surface area contributed by atoms with E-state index >= 15 is 0 Å². The van der Waals surface area contributed by atoms with E-state index in [4.69, 9.17) is 21.9 Å². The molecule has 0 spiro atoms. The molecule has 0 saturated heterocycles. The molecule has 11 heavy (non-hydrogen) atoms. The first-order valence-electron chi connectivity index (χ1n) is 2.93. The maximum absolute atomic E-state index is 8.74. The van der Waals surface area contributed by atoms with Crippen LogP contribution in [-0.2, 0) is 11.8 Å². The third kappa shape index (κ3) is 2.99. The molecule has 0 fully saturated rings. The molecular formula is C4H5BNO2PSTl+. The molecular weight excluding hydrogens is 372 g/mol. The third-order valence-electron chi connectivity index (χ3n) is 1.22. The van der Waals surface area contributed by atoms with Crippen LogP contribution in [-0.4, -0.2) is 42.9 Å². The molecule has 0 radical (unpaired) electrons. The van der Waals surface area contributed by atoms with Crippen LogP contribution in [0.5, 0.6) is 0 Å². The number of hydrogen-bond donors (Lipinski definition) is 2. The van der Waals surface area contributed by atoms with Gasteiger partial charge in [-0.3, -0.25) is 0 Å². The summed E-state index contributed by atoms with van der Waals surface area (Å²) in [5, 5.41) is 17.5. The summed E-state index contributed by atoms with van der Waals surface area (Å²) in [6, 6.07) is 1.71. The van der Waals surface area contributed by atoms with Crippen molar-refractivity contribution in [3.8, 4) is 0 Å². The summed E-state index contributed by atoms with van der Waals surface area (Å²) >= 11 is 3.83. The van der Waals surface area contributed by atoms with Crippen molar-refractivity contribution in [1.29, 1.82) is 0 Å².